The van der Waals surface area contributed by atoms with E-state index in [1.54, 1.807) is 12.1 Å². The van der Waals surface area contributed by atoms with Gasteiger partial charge in [0.1, 0.15) is 10.7 Å². The normalized spacial score (nSPS) is 11.6. The van der Waals surface area contributed by atoms with E-state index in [2.05, 4.69) is 24.9 Å². The molecule has 0 aliphatic rings. The van der Waals surface area contributed by atoms with Crippen molar-refractivity contribution in [2.75, 3.05) is 10.5 Å². The van der Waals surface area contributed by atoms with E-state index < -0.39 is 26.6 Å². The molecule has 142 valence electrons. The van der Waals surface area contributed by atoms with Crippen molar-refractivity contribution in [3.63, 3.8) is 0 Å². The number of H-pyrrole nitrogens is 1. The predicted octanol–water partition coefficient (Wildman–Crippen LogP) is 2.68. The van der Waals surface area contributed by atoms with Gasteiger partial charge in [-0.05, 0) is 36.4 Å². The number of anilines is 2. The molecule has 0 saturated carbocycles. The fourth-order valence-electron chi connectivity index (χ4n) is 2.55. The number of nitrogens with one attached hydrogen (secondary N) is 2. The molecule has 4 rings (SSSR count). The van der Waals surface area contributed by atoms with Crippen LogP contribution in [0.1, 0.15) is 0 Å². The van der Waals surface area contributed by atoms with E-state index >= 15 is 0 Å². The SMILES string of the molecule is Nc1[nH]nc2nc(-c3ccc(NS(=O)(=O)c4cccc(F)c4F)cc3)ncc12. The van der Waals surface area contributed by atoms with Gasteiger partial charge < -0.3 is 5.73 Å². The van der Waals surface area contributed by atoms with E-state index in [0.717, 1.165) is 18.2 Å². The van der Waals surface area contributed by atoms with Gasteiger partial charge in [0.05, 0.1) is 5.39 Å². The monoisotopic (exact) mass is 402 g/mol. The van der Waals surface area contributed by atoms with Crippen molar-refractivity contribution < 1.29 is 17.2 Å². The summed E-state index contributed by atoms with van der Waals surface area (Å²) in [7, 11) is -4.29. The molecule has 0 atom stereocenters. The Balaban J connectivity index is 1.61. The minimum atomic E-state index is -4.29. The molecular formula is C17H12F2N6O2S. The molecule has 0 amide bonds. The number of rotatable bonds is 4. The maximum atomic E-state index is 13.8. The van der Waals surface area contributed by atoms with Gasteiger partial charge in [0, 0.05) is 17.4 Å². The molecule has 0 bridgehead atoms. The molecule has 28 heavy (non-hydrogen) atoms. The molecule has 0 radical (unpaired) electrons. The van der Waals surface area contributed by atoms with Crippen molar-refractivity contribution in [3.8, 4) is 11.4 Å². The molecule has 0 spiro atoms. The van der Waals surface area contributed by atoms with Crippen molar-refractivity contribution in [1.29, 1.82) is 0 Å². The minimum Gasteiger partial charge on any atom is -0.383 e. The lowest BCUT2D eigenvalue weighted by molar-refractivity contribution is 0.485. The lowest BCUT2D eigenvalue weighted by atomic mass is 10.2. The first-order valence-corrected chi connectivity index (χ1v) is 9.37. The molecule has 0 fully saturated rings. The van der Waals surface area contributed by atoms with Gasteiger partial charge in [-0.2, -0.15) is 5.10 Å². The first-order chi connectivity index (χ1) is 13.3. The number of hydrogen-bond donors (Lipinski definition) is 3. The summed E-state index contributed by atoms with van der Waals surface area (Å²) in [6.45, 7) is 0. The summed E-state index contributed by atoms with van der Waals surface area (Å²) in [6.07, 6.45) is 1.53. The lowest BCUT2D eigenvalue weighted by Crippen LogP contribution is -2.15. The molecule has 0 aliphatic carbocycles. The summed E-state index contributed by atoms with van der Waals surface area (Å²) in [5, 5.41) is 7.15. The van der Waals surface area contributed by atoms with Gasteiger partial charge in [0.15, 0.2) is 23.1 Å². The lowest BCUT2D eigenvalue weighted by Gasteiger charge is -2.09. The van der Waals surface area contributed by atoms with Crippen LogP contribution in [0.2, 0.25) is 0 Å². The summed E-state index contributed by atoms with van der Waals surface area (Å²) in [6, 6.07) is 9.01. The van der Waals surface area contributed by atoms with Gasteiger partial charge in [-0.1, -0.05) is 6.07 Å². The Morgan fingerprint density at radius 2 is 1.82 bits per heavy atom. The van der Waals surface area contributed by atoms with Crippen LogP contribution in [0.4, 0.5) is 20.3 Å². The molecular weight excluding hydrogens is 390 g/mol. The topological polar surface area (TPSA) is 127 Å². The zero-order chi connectivity index (χ0) is 19.9. The highest BCUT2D eigenvalue weighted by atomic mass is 32.2. The second-order valence-corrected chi connectivity index (χ2v) is 7.45. The van der Waals surface area contributed by atoms with Gasteiger partial charge in [-0.3, -0.25) is 9.82 Å². The number of nitrogen functional groups attached to an aromatic ring is 1. The van der Waals surface area contributed by atoms with Gasteiger partial charge in [-0.25, -0.2) is 27.2 Å². The minimum absolute atomic E-state index is 0.164. The maximum absolute atomic E-state index is 13.8. The Morgan fingerprint density at radius 3 is 2.57 bits per heavy atom. The summed E-state index contributed by atoms with van der Waals surface area (Å²) in [5.41, 5.74) is 6.86. The first kappa shape index (κ1) is 17.8. The molecule has 8 nitrogen and oxygen atoms in total. The molecule has 2 aromatic heterocycles. The first-order valence-electron chi connectivity index (χ1n) is 7.89. The highest BCUT2D eigenvalue weighted by Crippen LogP contribution is 2.24. The predicted molar refractivity (Wildman–Crippen MR) is 98.7 cm³/mol. The highest BCUT2D eigenvalue weighted by Gasteiger charge is 2.21. The van der Waals surface area contributed by atoms with Crippen molar-refractivity contribution >= 4 is 32.6 Å². The van der Waals surface area contributed by atoms with Crippen LogP contribution in [0.5, 0.6) is 0 Å². The maximum Gasteiger partial charge on any atom is 0.264 e. The molecule has 0 saturated heterocycles. The average Bonchev–Trinajstić information content (AvgIpc) is 3.04. The molecule has 2 heterocycles. The Hall–Kier alpha value is -3.60. The molecule has 4 N–H and O–H groups in total. The number of benzene rings is 2. The number of aromatic amines is 1. The molecule has 0 aliphatic heterocycles. The van der Waals surface area contributed by atoms with Crippen molar-refractivity contribution in [2.45, 2.75) is 4.90 Å². The van der Waals surface area contributed by atoms with E-state index in [0.29, 0.717) is 28.2 Å². The molecule has 2 aromatic carbocycles. The van der Waals surface area contributed by atoms with Crippen LogP contribution in [0.3, 0.4) is 0 Å². The van der Waals surface area contributed by atoms with E-state index in [-0.39, 0.29) is 5.69 Å². The van der Waals surface area contributed by atoms with Crippen molar-refractivity contribution in [1.82, 2.24) is 20.2 Å². The number of hydrogen-bond acceptors (Lipinski definition) is 6. The fourth-order valence-corrected chi connectivity index (χ4v) is 3.70. The van der Waals surface area contributed by atoms with Crippen molar-refractivity contribution in [2.24, 2.45) is 0 Å². The van der Waals surface area contributed by atoms with Crippen LogP contribution in [0.25, 0.3) is 22.4 Å². The molecule has 4 aromatic rings. The van der Waals surface area contributed by atoms with Gasteiger partial charge >= 0.3 is 0 Å². The third-order valence-electron chi connectivity index (χ3n) is 3.94. The fraction of sp³-hybridized carbons (Fsp3) is 0. The third-order valence-corrected chi connectivity index (χ3v) is 5.34. The average molecular weight is 402 g/mol. The number of halogens is 2. The zero-order valence-electron chi connectivity index (χ0n) is 14.0. The van der Waals surface area contributed by atoms with Crippen LogP contribution >= 0.6 is 0 Å². The Kier molecular flexibility index (Phi) is 4.15. The summed E-state index contributed by atoms with van der Waals surface area (Å²) in [4.78, 5) is 7.70. The van der Waals surface area contributed by atoms with Crippen LogP contribution in [-0.4, -0.2) is 28.6 Å². The largest absolute Gasteiger partial charge is 0.383 e. The van der Waals surface area contributed by atoms with Crippen molar-refractivity contribution in [3.05, 3.63) is 60.3 Å². The zero-order valence-corrected chi connectivity index (χ0v) is 14.8. The van der Waals surface area contributed by atoms with Gasteiger partial charge in [-0.15, -0.1) is 0 Å². The summed E-state index contributed by atoms with van der Waals surface area (Å²) in [5.74, 6) is -1.96. The smallest absolute Gasteiger partial charge is 0.264 e. The third kappa shape index (κ3) is 3.11. The summed E-state index contributed by atoms with van der Waals surface area (Å²) < 4.78 is 53.9. The van der Waals surface area contributed by atoms with E-state index in [9.17, 15) is 17.2 Å². The van der Waals surface area contributed by atoms with E-state index in [1.807, 2.05) is 0 Å². The van der Waals surface area contributed by atoms with E-state index in [1.165, 1.54) is 18.3 Å². The van der Waals surface area contributed by atoms with Crippen LogP contribution < -0.4 is 10.5 Å². The second kappa shape index (κ2) is 6.53. The number of nitrogens with zero attached hydrogens (tertiary/aromatic N) is 3. The second-order valence-electron chi connectivity index (χ2n) is 5.80. The van der Waals surface area contributed by atoms with Crippen LogP contribution in [0.15, 0.2) is 53.6 Å². The number of aromatic nitrogens is 4. The molecule has 11 heteroatoms. The van der Waals surface area contributed by atoms with Crippen LogP contribution in [0, 0.1) is 11.6 Å². The van der Waals surface area contributed by atoms with E-state index in [4.69, 9.17) is 5.73 Å². The molecule has 0 unspecified atom stereocenters. The Bertz CT molecular complexity index is 1290. The quantitative estimate of drug-likeness (QED) is 0.482. The standard InChI is InChI=1S/C17H12F2N6O2S/c18-12-2-1-3-13(14(12)19)28(26,27)25-10-6-4-9(5-7-10)16-21-8-11-15(20)23-24-17(11)22-16/h1-8,25H,(H3,20,21,22,23,24). The van der Waals surface area contributed by atoms with Gasteiger partial charge in [0.2, 0.25) is 0 Å². The Labute approximate surface area is 157 Å². The van der Waals surface area contributed by atoms with Crippen LogP contribution in [-0.2, 0) is 10.0 Å². The number of sulfonamides is 1. The number of fused-ring (bicyclic) bond motifs is 1. The Morgan fingerprint density at radius 1 is 1.07 bits per heavy atom. The highest BCUT2D eigenvalue weighted by molar-refractivity contribution is 7.92. The summed E-state index contributed by atoms with van der Waals surface area (Å²) >= 11 is 0. The number of nitrogens with two attached hydrogens (primary N) is 1. The van der Waals surface area contributed by atoms with Gasteiger partial charge in [0.25, 0.3) is 10.0 Å².